The number of aromatic nitrogens is 2. The van der Waals surface area contributed by atoms with Crippen molar-refractivity contribution in [3.05, 3.63) is 32.6 Å². The average Bonchev–Trinajstić information content (AvgIpc) is 2.76. The molecule has 2 rings (SSSR count). The zero-order valence-electron chi connectivity index (χ0n) is 15.9. The molecule has 4 atom stereocenters. The Morgan fingerprint density at radius 3 is 2.48 bits per heavy atom. The Balaban J connectivity index is 2.48. The third-order valence-electron chi connectivity index (χ3n) is 5.73. The minimum Gasteiger partial charge on any atom is -0.411 e. The molecule has 8 heteroatoms. The van der Waals surface area contributed by atoms with Crippen LogP contribution in [0.4, 0.5) is 0 Å². The number of aliphatic hydroxyl groups excluding tert-OH is 2. The van der Waals surface area contributed by atoms with Gasteiger partial charge in [0.05, 0.1) is 24.9 Å². The monoisotopic (exact) mass is 370 g/mol. The molecule has 25 heavy (non-hydrogen) atoms. The summed E-state index contributed by atoms with van der Waals surface area (Å²) in [5.74, 6) is -0.460. The summed E-state index contributed by atoms with van der Waals surface area (Å²) >= 11 is 0. The number of aryl methyl sites for hydroxylation is 1. The Labute approximate surface area is 148 Å². The predicted molar refractivity (Wildman–Crippen MR) is 98.4 cm³/mol. The van der Waals surface area contributed by atoms with E-state index in [4.69, 9.17) is 4.43 Å². The number of rotatable bonds is 4. The minimum atomic E-state index is -2.18. The van der Waals surface area contributed by atoms with Crippen LogP contribution in [0.1, 0.15) is 38.8 Å². The highest BCUT2D eigenvalue weighted by Gasteiger charge is 2.49. The van der Waals surface area contributed by atoms with Crippen molar-refractivity contribution in [2.24, 2.45) is 5.92 Å². The quantitative estimate of drug-likeness (QED) is 0.690. The number of hydrogen-bond acceptors (Lipinski definition) is 5. The molecule has 0 amide bonds. The molecular formula is C17H30N2O5Si. The fourth-order valence-corrected chi connectivity index (χ4v) is 4.44. The summed E-state index contributed by atoms with van der Waals surface area (Å²) in [5.41, 5.74) is -0.511. The van der Waals surface area contributed by atoms with E-state index >= 15 is 0 Å². The number of nitrogens with zero attached hydrogens (tertiary/aromatic N) is 1. The lowest BCUT2D eigenvalue weighted by Gasteiger charge is -2.41. The molecule has 0 aromatic carbocycles. The van der Waals surface area contributed by atoms with E-state index in [1.54, 1.807) is 6.92 Å². The summed E-state index contributed by atoms with van der Waals surface area (Å²) in [5, 5.41) is 20.1. The van der Waals surface area contributed by atoms with Crippen LogP contribution >= 0.6 is 0 Å². The highest BCUT2D eigenvalue weighted by atomic mass is 28.4. The van der Waals surface area contributed by atoms with Crippen molar-refractivity contribution in [1.29, 1.82) is 0 Å². The van der Waals surface area contributed by atoms with Crippen molar-refractivity contribution in [3.63, 3.8) is 0 Å². The summed E-state index contributed by atoms with van der Waals surface area (Å²) in [4.78, 5) is 26.3. The lowest BCUT2D eigenvalue weighted by atomic mass is 10.0. The third-order valence-corrected chi connectivity index (χ3v) is 10.2. The standard InChI is InChI=1S/C17H30N2O5Si/c1-10-8-19(16(23)18-15(10)22)12-7-13(21)11(9-20)14(12)24-25(5,6)17(2,3)4/h8,11-14,20-21H,7,9H2,1-6H3,(H,18,22,23)/t11-,12+,13+,14-/m1/s1. The van der Waals surface area contributed by atoms with E-state index < -0.39 is 43.7 Å². The van der Waals surface area contributed by atoms with Crippen LogP contribution in [0.3, 0.4) is 0 Å². The number of aliphatic hydroxyl groups is 2. The molecule has 1 aliphatic rings. The first-order valence-electron chi connectivity index (χ1n) is 8.68. The molecule has 0 unspecified atom stereocenters. The van der Waals surface area contributed by atoms with Crippen molar-refractivity contribution < 1.29 is 14.6 Å². The van der Waals surface area contributed by atoms with Gasteiger partial charge in [-0.25, -0.2) is 4.79 Å². The van der Waals surface area contributed by atoms with Gasteiger partial charge >= 0.3 is 5.69 Å². The normalized spacial score (nSPS) is 27.7. The second-order valence-corrected chi connectivity index (χ2v) is 13.3. The van der Waals surface area contributed by atoms with Crippen molar-refractivity contribution >= 4 is 8.32 Å². The van der Waals surface area contributed by atoms with Crippen LogP contribution in [-0.4, -0.2) is 46.9 Å². The van der Waals surface area contributed by atoms with Crippen LogP contribution in [0.15, 0.2) is 15.8 Å². The van der Waals surface area contributed by atoms with Crippen LogP contribution in [0, 0.1) is 12.8 Å². The number of hydrogen-bond donors (Lipinski definition) is 3. The van der Waals surface area contributed by atoms with Gasteiger partial charge in [-0.15, -0.1) is 0 Å². The van der Waals surface area contributed by atoms with E-state index in [1.807, 2.05) is 0 Å². The Morgan fingerprint density at radius 2 is 1.96 bits per heavy atom. The Morgan fingerprint density at radius 1 is 1.36 bits per heavy atom. The molecule has 3 N–H and O–H groups in total. The molecule has 142 valence electrons. The topological polar surface area (TPSA) is 105 Å². The van der Waals surface area contributed by atoms with Gasteiger partial charge in [0, 0.05) is 17.7 Å². The van der Waals surface area contributed by atoms with Gasteiger partial charge in [-0.05, 0) is 31.5 Å². The van der Waals surface area contributed by atoms with E-state index in [-0.39, 0.29) is 11.6 Å². The van der Waals surface area contributed by atoms with E-state index in [0.29, 0.717) is 12.0 Å². The van der Waals surface area contributed by atoms with E-state index in [9.17, 15) is 19.8 Å². The minimum absolute atomic E-state index is 0.0447. The Hall–Kier alpha value is -1.22. The maximum atomic E-state index is 12.3. The van der Waals surface area contributed by atoms with Crippen LogP contribution in [0.2, 0.25) is 18.1 Å². The van der Waals surface area contributed by atoms with Crippen LogP contribution in [0.25, 0.3) is 0 Å². The molecule has 0 aliphatic heterocycles. The second-order valence-electron chi connectivity index (χ2n) is 8.54. The van der Waals surface area contributed by atoms with Gasteiger partial charge in [-0.2, -0.15) is 0 Å². The molecule has 1 fully saturated rings. The Bertz CT molecular complexity index is 734. The SMILES string of the molecule is Cc1cn([C@H]2C[C@H](O)[C@@H](CO)[C@H]2O[Si](C)(C)C(C)(C)C)c(=O)[nH]c1=O. The fourth-order valence-electron chi connectivity index (χ4n) is 3.07. The van der Waals surface area contributed by atoms with Gasteiger partial charge in [0.25, 0.3) is 5.56 Å². The van der Waals surface area contributed by atoms with Gasteiger partial charge < -0.3 is 14.6 Å². The maximum absolute atomic E-state index is 12.3. The number of nitrogens with one attached hydrogen (secondary N) is 1. The molecule has 0 radical (unpaired) electrons. The predicted octanol–water partition coefficient (Wildman–Crippen LogP) is 1.15. The summed E-state index contributed by atoms with van der Waals surface area (Å²) < 4.78 is 7.93. The molecule has 1 heterocycles. The molecule has 0 bridgehead atoms. The van der Waals surface area contributed by atoms with Gasteiger partial charge in [-0.3, -0.25) is 14.3 Å². The van der Waals surface area contributed by atoms with Crippen molar-refractivity contribution in [2.45, 2.75) is 70.5 Å². The van der Waals surface area contributed by atoms with Crippen molar-refractivity contribution in [1.82, 2.24) is 9.55 Å². The van der Waals surface area contributed by atoms with E-state index in [0.717, 1.165) is 0 Å². The molecule has 0 spiro atoms. The third kappa shape index (κ3) is 3.81. The lowest BCUT2D eigenvalue weighted by Crippen LogP contribution is -2.48. The molecule has 0 saturated heterocycles. The molecule has 7 nitrogen and oxygen atoms in total. The largest absolute Gasteiger partial charge is 0.411 e. The summed E-state index contributed by atoms with van der Waals surface area (Å²) in [6.07, 6.45) is 0.573. The first kappa shape index (κ1) is 20.1. The number of H-pyrrole nitrogens is 1. The molecule has 1 aromatic rings. The molecule has 1 aliphatic carbocycles. The first-order chi connectivity index (χ1) is 11.4. The first-order valence-corrected chi connectivity index (χ1v) is 11.6. The van der Waals surface area contributed by atoms with Crippen molar-refractivity contribution in [3.8, 4) is 0 Å². The van der Waals surface area contributed by atoms with Crippen LogP contribution < -0.4 is 11.2 Å². The van der Waals surface area contributed by atoms with Gasteiger partial charge in [0.2, 0.25) is 0 Å². The highest BCUT2D eigenvalue weighted by Crippen LogP contribution is 2.43. The summed E-state index contributed by atoms with van der Waals surface area (Å²) in [6, 6.07) is -0.427. The average molecular weight is 371 g/mol. The highest BCUT2D eigenvalue weighted by molar-refractivity contribution is 6.74. The smallest absolute Gasteiger partial charge is 0.328 e. The summed E-state index contributed by atoms with van der Waals surface area (Å²) in [6.45, 7) is 12.0. The molecule has 1 saturated carbocycles. The van der Waals surface area contributed by atoms with Gasteiger partial charge in [-0.1, -0.05) is 20.8 Å². The number of aromatic amines is 1. The zero-order valence-corrected chi connectivity index (χ0v) is 16.9. The zero-order chi connectivity index (χ0) is 19.2. The second kappa shape index (κ2) is 6.83. The van der Waals surface area contributed by atoms with Crippen LogP contribution in [0.5, 0.6) is 0 Å². The maximum Gasteiger partial charge on any atom is 0.328 e. The lowest BCUT2D eigenvalue weighted by molar-refractivity contribution is 0.0267. The van der Waals surface area contributed by atoms with Gasteiger partial charge in [0.15, 0.2) is 8.32 Å². The fraction of sp³-hybridized carbons (Fsp3) is 0.765. The van der Waals surface area contributed by atoms with E-state index in [2.05, 4.69) is 38.8 Å². The van der Waals surface area contributed by atoms with E-state index in [1.165, 1.54) is 10.8 Å². The Kier molecular flexibility index (Phi) is 5.49. The van der Waals surface area contributed by atoms with Gasteiger partial charge in [0.1, 0.15) is 0 Å². The molecular weight excluding hydrogens is 340 g/mol. The molecule has 1 aromatic heterocycles. The van der Waals surface area contributed by atoms with Crippen LogP contribution in [-0.2, 0) is 4.43 Å². The summed E-state index contributed by atoms with van der Waals surface area (Å²) in [7, 11) is -2.18. The van der Waals surface area contributed by atoms with Crippen molar-refractivity contribution in [2.75, 3.05) is 6.61 Å².